The molecule has 0 saturated heterocycles. The molecular formula is C21H24O6. The van der Waals surface area contributed by atoms with E-state index in [0.29, 0.717) is 30.3 Å². The van der Waals surface area contributed by atoms with Crippen molar-refractivity contribution < 1.29 is 28.5 Å². The van der Waals surface area contributed by atoms with E-state index < -0.39 is 12.3 Å². The molecule has 0 bridgehead atoms. The van der Waals surface area contributed by atoms with Gasteiger partial charge in [-0.25, -0.2) is 9.59 Å². The molecule has 0 saturated carbocycles. The van der Waals surface area contributed by atoms with Crippen LogP contribution in [0.1, 0.15) is 26.2 Å². The number of carbonyl (C=O) groups is 2. The molecule has 6 nitrogen and oxygen atoms in total. The summed E-state index contributed by atoms with van der Waals surface area (Å²) in [5.41, 5.74) is 0. The molecule has 0 N–H and O–H groups in total. The van der Waals surface area contributed by atoms with E-state index in [1.54, 1.807) is 48.5 Å². The average Bonchev–Trinajstić information content (AvgIpc) is 2.67. The summed E-state index contributed by atoms with van der Waals surface area (Å²) in [6, 6.07) is 17.5. The fourth-order valence-corrected chi connectivity index (χ4v) is 2.30. The molecule has 0 fully saturated rings. The van der Waals surface area contributed by atoms with Gasteiger partial charge in [0.1, 0.15) is 11.5 Å². The zero-order valence-electron chi connectivity index (χ0n) is 15.3. The quantitative estimate of drug-likeness (QED) is 0.341. The Kier molecular flexibility index (Phi) is 8.69. The summed E-state index contributed by atoms with van der Waals surface area (Å²) in [6.07, 6.45) is 0.842. The Hall–Kier alpha value is -3.02. The SMILES string of the molecule is CC(CCCOC(=O)Oc1ccccc1)CCOC(=O)Oc1ccccc1. The van der Waals surface area contributed by atoms with Gasteiger partial charge in [-0.15, -0.1) is 0 Å². The van der Waals surface area contributed by atoms with E-state index in [4.69, 9.17) is 18.9 Å². The first-order chi connectivity index (χ1) is 13.1. The lowest BCUT2D eigenvalue weighted by molar-refractivity contribution is 0.0885. The highest BCUT2D eigenvalue weighted by molar-refractivity contribution is 5.64. The van der Waals surface area contributed by atoms with E-state index in [1.165, 1.54) is 0 Å². The number of para-hydroxylation sites is 2. The molecule has 0 amide bonds. The van der Waals surface area contributed by atoms with Gasteiger partial charge in [-0.3, -0.25) is 0 Å². The van der Waals surface area contributed by atoms with E-state index in [2.05, 4.69) is 0 Å². The van der Waals surface area contributed by atoms with Crippen LogP contribution in [0, 0.1) is 5.92 Å². The lowest BCUT2D eigenvalue weighted by atomic mass is 10.0. The minimum Gasteiger partial charge on any atom is -0.434 e. The zero-order chi connectivity index (χ0) is 19.3. The van der Waals surface area contributed by atoms with Gasteiger partial charge < -0.3 is 18.9 Å². The second kappa shape index (κ2) is 11.6. The Labute approximate surface area is 159 Å². The molecule has 2 aromatic rings. The van der Waals surface area contributed by atoms with E-state index in [9.17, 15) is 9.59 Å². The van der Waals surface area contributed by atoms with Gasteiger partial charge in [0.05, 0.1) is 13.2 Å². The minimum atomic E-state index is -0.708. The van der Waals surface area contributed by atoms with Crippen molar-refractivity contribution in [3.05, 3.63) is 60.7 Å². The molecule has 1 atom stereocenters. The minimum absolute atomic E-state index is 0.281. The van der Waals surface area contributed by atoms with Gasteiger partial charge >= 0.3 is 12.3 Å². The summed E-state index contributed by atoms with van der Waals surface area (Å²) < 4.78 is 20.2. The molecule has 2 rings (SSSR count). The molecule has 0 aromatic heterocycles. The Morgan fingerprint density at radius 1 is 0.741 bits per heavy atom. The maximum absolute atomic E-state index is 11.6. The Morgan fingerprint density at radius 3 is 1.74 bits per heavy atom. The van der Waals surface area contributed by atoms with Crippen LogP contribution in [0.4, 0.5) is 9.59 Å². The lowest BCUT2D eigenvalue weighted by Crippen LogP contribution is -2.14. The molecule has 2 aromatic carbocycles. The van der Waals surface area contributed by atoms with Crippen molar-refractivity contribution in [1.29, 1.82) is 0 Å². The highest BCUT2D eigenvalue weighted by Crippen LogP contribution is 2.13. The maximum Gasteiger partial charge on any atom is 0.513 e. The average molecular weight is 372 g/mol. The van der Waals surface area contributed by atoms with Crippen molar-refractivity contribution in [3.63, 3.8) is 0 Å². The van der Waals surface area contributed by atoms with Crippen molar-refractivity contribution in [1.82, 2.24) is 0 Å². The topological polar surface area (TPSA) is 71.1 Å². The second-order valence-electron chi connectivity index (χ2n) is 6.06. The summed E-state index contributed by atoms with van der Waals surface area (Å²) in [4.78, 5) is 23.1. The van der Waals surface area contributed by atoms with Crippen LogP contribution in [-0.4, -0.2) is 25.5 Å². The lowest BCUT2D eigenvalue weighted by Gasteiger charge is -2.12. The van der Waals surface area contributed by atoms with Gasteiger partial charge in [-0.1, -0.05) is 43.3 Å². The first kappa shape index (κ1) is 20.3. The number of benzene rings is 2. The number of hydrogen-bond donors (Lipinski definition) is 0. The second-order valence-corrected chi connectivity index (χ2v) is 6.06. The molecule has 0 heterocycles. The van der Waals surface area contributed by atoms with Crippen molar-refractivity contribution in [3.8, 4) is 11.5 Å². The number of hydrogen-bond acceptors (Lipinski definition) is 6. The van der Waals surface area contributed by atoms with Crippen LogP contribution in [0.25, 0.3) is 0 Å². The van der Waals surface area contributed by atoms with Gasteiger partial charge in [0.2, 0.25) is 0 Å². The summed E-state index contributed by atoms with van der Waals surface area (Å²) in [6.45, 7) is 2.62. The van der Waals surface area contributed by atoms with E-state index in [-0.39, 0.29) is 13.2 Å². The number of carbonyl (C=O) groups excluding carboxylic acids is 2. The van der Waals surface area contributed by atoms with Crippen LogP contribution in [0.15, 0.2) is 60.7 Å². The first-order valence-corrected chi connectivity index (χ1v) is 8.93. The smallest absolute Gasteiger partial charge is 0.434 e. The monoisotopic (exact) mass is 372 g/mol. The molecule has 27 heavy (non-hydrogen) atoms. The fourth-order valence-electron chi connectivity index (χ4n) is 2.30. The Balaban J connectivity index is 1.50. The van der Waals surface area contributed by atoms with Crippen LogP contribution in [-0.2, 0) is 9.47 Å². The van der Waals surface area contributed by atoms with Gasteiger partial charge in [0, 0.05) is 0 Å². The Bertz CT molecular complexity index is 686. The number of rotatable bonds is 9. The van der Waals surface area contributed by atoms with Gasteiger partial charge in [-0.2, -0.15) is 0 Å². The normalized spacial score (nSPS) is 11.3. The van der Waals surface area contributed by atoms with E-state index in [1.807, 2.05) is 19.1 Å². The maximum atomic E-state index is 11.6. The first-order valence-electron chi connectivity index (χ1n) is 8.93. The largest absolute Gasteiger partial charge is 0.513 e. The summed E-state index contributed by atoms with van der Waals surface area (Å²) in [7, 11) is 0. The highest BCUT2D eigenvalue weighted by Gasteiger charge is 2.09. The van der Waals surface area contributed by atoms with E-state index >= 15 is 0 Å². The molecule has 0 radical (unpaired) electrons. The molecule has 0 spiro atoms. The van der Waals surface area contributed by atoms with Crippen molar-refractivity contribution in [2.45, 2.75) is 26.2 Å². The van der Waals surface area contributed by atoms with Crippen LogP contribution in [0.3, 0.4) is 0 Å². The third-order valence-corrected chi connectivity index (χ3v) is 3.78. The predicted octanol–water partition coefficient (Wildman–Crippen LogP) is 5.22. The van der Waals surface area contributed by atoms with Gasteiger partial charge in [0.25, 0.3) is 0 Å². The molecule has 0 aliphatic heterocycles. The zero-order valence-corrected chi connectivity index (χ0v) is 15.3. The van der Waals surface area contributed by atoms with Crippen molar-refractivity contribution in [2.75, 3.05) is 13.2 Å². The third kappa shape index (κ3) is 8.76. The summed E-state index contributed by atoms with van der Waals surface area (Å²) >= 11 is 0. The van der Waals surface area contributed by atoms with Crippen LogP contribution in [0.5, 0.6) is 11.5 Å². The van der Waals surface area contributed by atoms with Crippen molar-refractivity contribution in [2.24, 2.45) is 5.92 Å². The highest BCUT2D eigenvalue weighted by atomic mass is 16.7. The standard InChI is InChI=1S/C21H24O6/c1-17(14-16-25-21(23)27-19-12-6-3-7-13-19)9-8-15-24-20(22)26-18-10-4-2-5-11-18/h2-7,10-13,17H,8-9,14-16H2,1H3. The molecule has 6 heteroatoms. The predicted molar refractivity (Wildman–Crippen MR) is 99.9 cm³/mol. The van der Waals surface area contributed by atoms with Crippen LogP contribution in [0.2, 0.25) is 0 Å². The molecule has 0 aliphatic carbocycles. The van der Waals surface area contributed by atoms with Crippen molar-refractivity contribution >= 4 is 12.3 Å². The molecule has 1 unspecified atom stereocenters. The molecule has 144 valence electrons. The third-order valence-electron chi connectivity index (χ3n) is 3.78. The van der Waals surface area contributed by atoms with Crippen LogP contribution >= 0.6 is 0 Å². The van der Waals surface area contributed by atoms with E-state index in [0.717, 1.165) is 6.42 Å². The van der Waals surface area contributed by atoms with Gasteiger partial charge in [0.15, 0.2) is 0 Å². The fraction of sp³-hybridized carbons (Fsp3) is 0.333. The number of ether oxygens (including phenoxy) is 4. The van der Waals surface area contributed by atoms with Gasteiger partial charge in [-0.05, 0) is 49.4 Å². The Morgan fingerprint density at radius 2 is 1.22 bits per heavy atom. The molecule has 0 aliphatic rings. The van der Waals surface area contributed by atoms with Crippen LogP contribution < -0.4 is 9.47 Å². The summed E-state index contributed by atoms with van der Waals surface area (Å²) in [5, 5.41) is 0. The summed E-state index contributed by atoms with van der Waals surface area (Å²) in [5.74, 6) is 1.23. The molecular weight excluding hydrogens is 348 g/mol.